The molecule has 0 aliphatic carbocycles. The molecular formula is C12H16ClN3. The Bertz CT molecular complexity index is 398. The molecule has 4 heteroatoms. The summed E-state index contributed by atoms with van der Waals surface area (Å²) in [5.74, 6) is 1.39. The Labute approximate surface area is 102 Å². The molecule has 0 aliphatic heterocycles. The summed E-state index contributed by atoms with van der Waals surface area (Å²) in [6.07, 6.45) is 2.28. The van der Waals surface area contributed by atoms with Crippen molar-refractivity contribution in [3.63, 3.8) is 0 Å². The summed E-state index contributed by atoms with van der Waals surface area (Å²) in [6.45, 7) is 4.02. The van der Waals surface area contributed by atoms with E-state index in [0.29, 0.717) is 12.3 Å². The lowest BCUT2D eigenvalue weighted by Crippen LogP contribution is -2.29. The van der Waals surface area contributed by atoms with Gasteiger partial charge in [-0.3, -0.25) is 0 Å². The third-order valence-corrected chi connectivity index (χ3v) is 2.95. The van der Waals surface area contributed by atoms with Gasteiger partial charge in [0, 0.05) is 25.2 Å². The number of hydrogen-bond acceptors (Lipinski definition) is 3. The van der Waals surface area contributed by atoms with E-state index in [0.717, 1.165) is 16.9 Å². The van der Waals surface area contributed by atoms with Crippen LogP contribution in [0, 0.1) is 18.3 Å². The standard InChI is InChI=1S/C12H16ClN3/c1-9-6-11(7-13)8-15-12(9)16(3)10(2)4-5-14/h6,8,10H,4,7H2,1-3H3. The van der Waals surface area contributed by atoms with Crippen LogP contribution in [0.5, 0.6) is 0 Å². The number of rotatable bonds is 4. The molecule has 3 nitrogen and oxygen atoms in total. The molecule has 0 saturated heterocycles. The van der Waals surface area contributed by atoms with Crippen molar-refractivity contribution in [1.29, 1.82) is 5.26 Å². The average molecular weight is 238 g/mol. The fourth-order valence-electron chi connectivity index (χ4n) is 1.55. The van der Waals surface area contributed by atoms with Gasteiger partial charge in [-0.05, 0) is 31.0 Å². The van der Waals surface area contributed by atoms with Crippen molar-refractivity contribution in [3.05, 3.63) is 23.4 Å². The Hall–Kier alpha value is -1.27. The number of nitriles is 1. The van der Waals surface area contributed by atoms with E-state index < -0.39 is 0 Å². The van der Waals surface area contributed by atoms with Crippen LogP contribution in [0.4, 0.5) is 5.82 Å². The third kappa shape index (κ3) is 2.86. The van der Waals surface area contributed by atoms with Crippen molar-refractivity contribution in [2.24, 2.45) is 0 Å². The normalized spacial score (nSPS) is 11.9. The van der Waals surface area contributed by atoms with Crippen LogP contribution < -0.4 is 4.90 Å². The third-order valence-electron chi connectivity index (χ3n) is 2.64. The summed E-state index contributed by atoms with van der Waals surface area (Å²) in [7, 11) is 1.96. The van der Waals surface area contributed by atoms with Crippen LogP contribution >= 0.6 is 11.6 Å². The number of nitrogens with zero attached hydrogens (tertiary/aromatic N) is 3. The highest BCUT2D eigenvalue weighted by atomic mass is 35.5. The molecule has 0 aromatic carbocycles. The molecule has 1 aromatic rings. The molecule has 0 spiro atoms. The van der Waals surface area contributed by atoms with E-state index >= 15 is 0 Å². The minimum absolute atomic E-state index is 0.165. The number of anilines is 1. The lowest BCUT2D eigenvalue weighted by Gasteiger charge is -2.25. The van der Waals surface area contributed by atoms with E-state index in [-0.39, 0.29) is 6.04 Å². The van der Waals surface area contributed by atoms with Gasteiger partial charge >= 0.3 is 0 Å². The minimum Gasteiger partial charge on any atom is -0.356 e. The smallest absolute Gasteiger partial charge is 0.131 e. The second-order valence-electron chi connectivity index (χ2n) is 3.94. The maximum absolute atomic E-state index is 8.67. The van der Waals surface area contributed by atoms with Gasteiger partial charge in [-0.1, -0.05) is 0 Å². The molecule has 1 atom stereocenters. The average Bonchev–Trinajstić information content (AvgIpc) is 2.28. The van der Waals surface area contributed by atoms with E-state index in [1.165, 1.54) is 0 Å². The zero-order valence-electron chi connectivity index (χ0n) is 9.87. The fraction of sp³-hybridized carbons (Fsp3) is 0.500. The van der Waals surface area contributed by atoms with Crippen LogP contribution in [0.3, 0.4) is 0 Å². The van der Waals surface area contributed by atoms with Crippen molar-refractivity contribution in [1.82, 2.24) is 4.98 Å². The highest BCUT2D eigenvalue weighted by Gasteiger charge is 2.13. The van der Waals surface area contributed by atoms with Gasteiger partial charge in [0.05, 0.1) is 12.5 Å². The molecule has 0 N–H and O–H groups in total. The first-order valence-corrected chi connectivity index (χ1v) is 5.74. The van der Waals surface area contributed by atoms with Gasteiger partial charge in [-0.15, -0.1) is 11.6 Å². The van der Waals surface area contributed by atoms with Gasteiger partial charge in [-0.2, -0.15) is 5.26 Å². The van der Waals surface area contributed by atoms with Crippen molar-refractivity contribution in [3.8, 4) is 6.07 Å². The Morgan fingerprint density at radius 1 is 1.62 bits per heavy atom. The molecule has 0 saturated carbocycles. The zero-order chi connectivity index (χ0) is 12.1. The second kappa shape index (κ2) is 5.72. The molecule has 0 fully saturated rings. The molecule has 0 radical (unpaired) electrons. The molecule has 0 bridgehead atoms. The first kappa shape index (κ1) is 12.8. The lowest BCUT2D eigenvalue weighted by molar-refractivity contribution is 0.691. The summed E-state index contributed by atoms with van der Waals surface area (Å²) in [4.78, 5) is 6.41. The van der Waals surface area contributed by atoms with E-state index in [4.69, 9.17) is 16.9 Å². The van der Waals surface area contributed by atoms with Crippen LogP contribution in [0.2, 0.25) is 0 Å². The van der Waals surface area contributed by atoms with Crippen LogP contribution in [-0.2, 0) is 5.88 Å². The Kier molecular flexibility index (Phi) is 4.57. The lowest BCUT2D eigenvalue weighted by atomic mass is 10.1. The summed E-state index contributed by atoms with van der Waals surface area (Å²) < 4.78 is 0. The number of aromatic nitrogens is 1. The number of alkyl halides is 1. The van der Waals surface area contributed by atoms with Crippen LogP contribution in [0.1, 0.15) is 24.5 Å². The maximum atomic E-state index is 8.67. The van der Waals surface area contributed by atoms with Crippen molar-refractivity contribution in [2.75, 3.05) is 11.9 Å². The van der Waals surface area contributed by atoms with Gasteiger partial charge in [0.2, 0.25) is 0 Å². The number of halogens is 1. The van der Waals surface area contributed by atoms with E-state index in [9.17, 15) is 0 Å². The molecule has 0 aliphatic rings. The van der Waals surface area contributed by atoms with Crippen LogP contribution in [0.15, 0.2) is 12.3 Å². The van der Waals surface area contributed by atoms with Gasteiger partial charge in [-0.25, -0.2) is 4.98 Å². The quantitative estimate of drug-likeness (QED) is 0.756. The van der Waals surface area contributed by atoms with Gasteiger partial charge in [0.25, 0.3) is 0 Å². The van der Waals surface area contributed by atoms with Crippen molar-refractivity contribution >= 4 is 17.4 Å². The Morgan fingerprint density at radius 3 is 2.81 bits per heavy atom. The molecule has 0 amide bonds. The first-order valence-electron chi connectivity index (χ1n) is 5.21. The van der Waals surface area contributed by atoms with Crippen molar-refractivity contribution in [2.45, 2.75) is 32.2 Å². The fourth-order valence-corrected chi connectivity index (χ4v) is 1.69. The topological polar surface area (TPSA) is 39.9 Å². The first-order chi connectivity index (χ1) is 7.60. The van der Waals surface area contributed by atoms with Gasteiger partial charge in [0.15, 0.2) is 0 Å². The maximum Gasteiger partial charge on any atom is 0.131 e. The zero-order valence-corrected chi connectivity index (χ0v) is 10.6. The highest BCUT2D eigenvalue weighted by Crippen LogP contribution is 2.20. The monoisotopic (exact) mass is 237 g/mol. The molecule has 86 valence electrons. The number of pyridine rings is 1. The van der Waals surface area contributed by atoms with Crippen LogP contribution in [0.25, 0.3) is 0 Å². The van der Waals surface area contributed by atoms with E-state index in [1.807, 2.05) is 31.9 Å². The predicted octanol–water partition coefficient (Wildman–Crippen LogP) is 2.87. The molecular weight excluding hydrogens is 222 g/mol. The Morgan fingerprint density at radius 2 is 2.31 bits per heavy atom. The van der Waals surface area contributed by atoms with Crippen LogP contribution in [-0.4, -0.2) is 18.1 Å². The van der Waals surface area contributed by atoms with Gasteiger partial charge in [0.1, 0.15) is 5.82 Å². The molecule has 1 rings (SSSR count). The van der Waals surface area contributed by atoms with E-state index in [1.54, 1.807) is 6.20 Å². The van der Waals surface area contributed by atoms with Crippen molar-refractivity contribution < 1.29 is 0 Å². The molecule has 1 heterocycles. The summed E-state index contributed by atoms with van der Waals surface area (Å²) in [5, 5.41) is 8.67. The summed E-state index contributed by atoms with van der Waals surface area (Å²) >= 11 is 5.75. The number of aryl methyl sites for hydroxylation is 1. The van der Waals surface area contributed by atoms with Gasteiger partial charge < -0.3 is 4.90 Å². The molecule has 16 heavy (non-hydrogen) atoms. The predicted molar refractivity (Wildman–Crippen MR) is 66.6 cm³/mol. The molecule has 1 aromatic heterocycles. The highest BCUT2D eigenvalue weighted by molar-refractivity contribution is 6.17. The minimum atomic E-state index is 0.165. The summed E-state index contributed by atoms with van der Waals surface area (Å²) in [6, 6.07) is 4.37. The summed E-state index contributed by atoms with van der Waals surface area (Å²) in [5.41, 5.74) is 2.11. The SMILES string of the molecule is Cc1cc(CCl)cnc1N(C)C(C)CC#N. The molecule has 1 unspecified atom stereocenters. The Balaban J connectivity index is 2.92. The van der Waals surface area contributed by atoms with E-state index in [2.05, 4.69) is 11.1 Å². The largest absolute Gasteiger partial charge is 0.356 e. The number of hydrogen-bond donors (Lipinski definition) is 0. The second-order valence-corrected chi connectivity index (χ2v) is 4.21.